The van der Waals surface area contributed by atoms with Crippen molar-refractivity contribution in [3.63, 3.8) is 0 Å². The van der Waals surface area contributed by atoms with Gasteiger partial charge in [-0.1, -0.05) is 18.2 Å². The third kappa shape index (κ3) is 4.07. The Morgan fingerprint density at radius 2 is 1.39 bits per heavy atom. The van der Waals surface area contributed by atoms with Crippen molar-refractivity contribution >= 4 is 19.1 Å². The van der Waals surface area contributed by atoms with Crippen molar-refractivity contribution in [2.75, 3.05) is 21.3 Å². The summed E-state index contributed by atoms with van der Waals surface area (Å²) in [6.07, 6.45) is 0. The fourth-order valence-corrected chi connectivity index (χ4v) is 4.27. The molecule has 0 aromatic heterocycles. The molecule has 7 heteroatoms. The summed E-state index contributed by atoms with van der Waals surface area (Å²) in [5.74, 6) is 0.429. The van der Waals surface area contributed by atoms with Crippen LogP contribution < -0.4 is 14.2 Å². The van der Waals surface area contributed by atoms with E-state index in [-0.39, 0.29) is 17.1 Å². The number of Topliss-reactive ketones (excluding diaryl/α,β-unsaturated/α-hetero) is 1. The molecule has 2 unspecified atom stereocenters. The van der Waals surface area contributed by atoms with Gasteiger partial charge in [-0.15, -0.1) is 0 Å². The molecule has 0 bridgehead atoms. The van der Waals surface area contributed by atoms with Gasteiger partial charge in [0, 0.05) is 17.7 Å². The first kappa shape index (κ1) is 21.6. The summed E-state index contributed by atoms with van der Waals surface area (Å²) in [5, 5.41) is 0. The number of methoxy groups -OCH3 is 3. The van der Waals surface area contributed by atoms with Crippen molar-refractivity contribution in [3.05, 3.63) is 52.6 Å². The number of rotatable bonds is 8. The van der Waals surface area contributed by atoms with Gasteiger partial charge in [-0.3, -0.25) is 14.2 Å². The molecule has 0 fully saturated rings. The van der Waals surface area contributed by atoms with Crippen LogP contribution in [0.1, 0.15) is 38.8 Å². The van der Waals surface area contributed by atoms with Crippen LogP contribution in [-0.4, -0.2) is 38.3 Å². The first-order valence-corrected chi connectivity index (χ1v) is 10.0. The zero-order valence-corrected chi connectivity index (χ0v) is 17.8. The van der Waals surface area contributed by atoms with Gasteiger partial charge in [0.05, 0.1) is 27.0 Å². The van der Waals surface area contributed by atoms with E-state index in [2.05, 4.69) is 0 Å². The Bertz CT molecular complexity index is 889. The van der Waals surface area contributed by atoms with Gasteiger partial charge in [-0.05, 0) is 31.9 Å². The van der Waals surface area contributed by atoms with Gasteiger partial charge >= 0.3 is 0 Å². The van der Waals surface area contributed by atoms with Crippen molar-refractivity contribution in [2.45, 2.75) is 26.4 Å². The molecule has 0 heterocycles. The Morgan fingerprint density at radius 3 is 1.82 bits per heavy atom. The van der Waals surface area contributed by atoms with Crippen LogP contribution in [-0.2, 0) is 4.57 Å². The second kappa shape index (κ2) is 8.98. The molecule has 2 aromatic rings. The van der Waals surface area contributed by atoms with Gasteiger partial charge in [-0.25, -0.2) is 0 Å². The maximum Gasteiger partial charge on any atom is 0.243 e. The van der Waals surface area contributed by atoms with Crippen LogP contribution in [0.5, 0.6) is 17.2 Å². The number of ether oxygens (including phenoxy) is 3. The molecule has 149 valence electrons. The monoisotopic (exact) mass is 403 g/mol. The van der Waals surface area contributed by atoms with Gasteiger partial charge in [0.15, 0.2) is 13.6 Å². The van der Waals surface area contributed by atoms with Crippen LogP contribution in [0.25, 0.3) is 0 Å². The van der Waals surface area contributed by atoms with Crippen LogP contribution in [0.4, 0.5) is 0 Å². The quantitative estimate of drug-likeness (QED) is 0.475. The first-order valence-electron chi connectivity index (χ1n) is 8.67. The minimum atomic E-state index is -2.50. The van der Waals surface area contributed by atoms with Gasteiger partial charge in [0.2, 0.25) is 5.52 Å². The predicted molar refractivity (Wildman–Crippen MR) is 108 cm³/mol. The highest BCUT2D eigenvalue weighted by Crippen LogP contribution is 2.41. The van der Waals surface area contributed by atoms with E-state index in [1.54, 1.807) is 38.1 Å². The molecular formula is C21H24O6P. The second-order valence-corrected chi connectivity index (χ2v) is 8.18. The summed E-state index contributed by atoms with van der Waals surface area (Å²) in [4.78, 5) is 26.0. The molecule has 6 nitrogen and oxygen atoms in total. The summed E-state index contributed by atoms with van der Waals surface area (Å²) in [6, 6.07) is 8.48. The highest BCUT2D eigenvalue weighted by molar-refractivity contribution is 7.66. The summed E-state index contributed by atoms with van der Waals surface area (Å²) < 4.78 is 28.7. The maximum absolute atomic E-state index is 13.1. The molecule has 28 heavy (non-hydrogen) atoms. The van der Waals surface area contributed by atoms with Crippen molar-refractivity contribution in [2.24, 2.45) is 0 Å². The van der Waals surface area contributed by atoms with Crippen LogP contribution in [0.2, 0.25) is 0 Å². The van der Waals surface area contributed by atoms with E-state index < -0.39 is 24.8 Å². The van der Waals surface area contributed by atoms with Crippen LogP contribution in [0.3, 0.4) is 0 Å². The van der Waals surface area contributed by atoms with Crippen LogP contribution in [0.15, 0.2) is 30.3 Å². The summed E-state index contributed by atoms with van der Waals surface area (Å²) in [5.41, 5.74) is 0.420. The van der Waals surface area contributed by atoms with Crippen molar-refractivity contribution in [1.82, 2.24) is 0 Å². The number of carbonyl (C=O) groups excluding carboxylic acids is 2. The Morgan fingerprint density at radius 1 is 0.893 bits per heavy atom. The lowest BCUT2D eigenvalue weighted by Gasteiger charge is -2.17. The topological polar surface area (TPSA) is 78.9 Å². The SMILES string of the molecule is COc1cc(OC)c(C(=O)C(C)[P](=O)C(=O)c2c(C)cccc2C)c(OC)c1. The highest BCUT2D eigenvalue weighted by atomic mass is 31.1. The van der Waals surface area contributed by atoms with Gasteiger partial charge in [0.25, 0.3) is 0 Å². The van der Waals surface area contributed by atoms with E-state index in [1.807, 2.05) is 6.07 Å². The third-order valence-corrected chi connectivity index (χ3v) is 6.15. The summed E-state index contributed by atoms with van der Waals surface area (Å²) >= 11 is 0. The van der Waals surface area contributed by atoms with E-state index in [4.69, 9.17) is 14.2 Å². The van der Waals surface area contributed by atoms with Gasteiger partial charge < -0.3 is 14.2 Å². The van der Waals surface area contributed by atoms with Gasteiger partial charge in [-0.2, -0.15) is 0 Å². The fraction of sp³-hybridized carbons (Fsp3) is 0.333. The van der Waals surface area contributed by atoms with Crippen LogP contribution in [0, 0.1) is 13.8 Å². The van der Waals surface area contributed by atoms with E-state index in [9.17, 15) is 14.2 Å². The number of carbonyl (C=O) groups is 2. The Hall–Kier alpha value is -2.72. The average Bonchev–Trinajstić information content (AvgIpc) is 2.70. The predicted octanol–water partition coefficient (Wildman–Crippen LogP) is 4.57. The van der Waals surface area contributed by atoms with E-state index >= 15 is 0 Å². The molecule has 0 saturated heterocycles. The molecule has 0 aliphatic carbocycles. The minimum Gasteiger partial charge on any atom is -0.496 e. The van der Waals surface area contributed by atoms with Crippen LogP contribution >= 0.6 is 7.80 Å². The van der Waals surface area contributed by atoms with E-state index in [1.165, 1.54) is 28.3 Å². The van der Waals surface area contributed by atoms with Crippen molar-refractivity contribution < 1.29 is 28.4 Å². The smallest absolute Gasteiger partial charge is 0.243 e. The van der Waals surface area contributed by atoms with Crippen molar-refractivity contribution in [1.29, 1.82) is 0 Å². The molecule has 2 aromatic carbocycles. The van der Waals surface area contributed by atoms with E-state index in [0.717, 1.165) is 11.1 Å². The molecule has 0 saturated carbocycles. The molecule has 0 N–H and O–H groups in total. The molecule has 0 spiro atoms. The lowest BCUT2D eigenvalue weighted by molar-refractivity contribution is 0.0976. The number of benzene rings is 2. The van der Waals surface area contributed by atoms with Gasteiger partial charge in [0.1, 0.15) is 22.8 Å². The largest absolute Gasteiger partial charge is 0.496 e. The fourth-order valence-electron chi connectivity index (χ4n) is 3.00. The van der Waals surface area contributed by atoms with E-state index in [0.29, 0.717) is 11.3 Å². The number of hydrogen-bond acceptors (Lipinski definition) is 6. The Balaban J connectivity index is 2.44. The molecule has 0 aliphatic rings. The summed E-state index contributed by atoms with van der Waals surface area (Å²) in [6.45, 7) is 5.05. The minimum absolute atomic E-state index is 0.135. The highest BCUT2D eigenvalue weighted by Gasteiger charge is 2.33. The normalized spacial score (nSPS) is 12.1. The Labute approximate surface area is 165 Å². The summed E-state index contributed by atoms with van der Waals surface area (Å²) in [7, 11) is 1.81. The number of ketones is 1. The molecule has 0 aliphatic heterocycles. The molecule has 0 amide bonds. The molecule has 1 radical (unpaired) electrons. The zero-order chi connectivity index (χ0) is 21.0. The van der Waals surface area contributed by atoms with Crippen molar-refractivity contribution in [3.8, 4) is 17.2 Å². The molecule has 2 rings (SSSR count). The second-order valence-electron chi connectivity index (χ2n) is 6.34. The first-order chi connectivity index (χ1) is 13.3. The Kier molecular flexibility index (Phi) is 6.92. The lowest BCUT2D eigenvalue weighted by Crippen LogP contribution is -2.19. The lowest BCUT2D eigenvalue weighted by atomic mass is 10.0. The molecular weight excluding hydrogens is 379 g/mol. The third-order valence-electron chi connectivity index (χ3n) is 4.59. The number of hydrogen-bond donors (Lipinski definition) is 0. The standard InChI is InChI=1S/C21H24O6P/c1-12-8-7-9-13(2)18(12)21(23)28(24)14(3)20(22)19-16(26-5)10-15(25-4)11-17(19)27-6/h7-11,14H,1-6H3. The zero-order valence-electron chi connectivity index (χ0n) is 16.9. The number of aryl methyl sites for hydroxylation is 2. The average molecular weight is 403 g/mol. The molecule has 2 atom stereocenters. The maximum atomic E-state index is 13.1.